The van der Waals surface area contributed by atoms with Crippen molar-refractivity contribution in [3.8, 4) is 11.5 Å². The molecular formula is C21H22N2O5. The van der Waals surface area contributed by atoms with E-state index in [4.69, 9.17) is 9.47 Å². The molecule has 2 aromatic rings. The third kappa shape index (κ3) is 4.14. The number of nitrogens with zero attached hydrogens (tertiary/aromatic N) is 1. The summed E-state index contributed by atoms with van der Waals surface area (Å²) in [7, 11) is 0. The van der Waals surface area contributed by atoms with Gasteiger partial charge in [-0.3, -0.25) is 19.3 Å². The van der Waals surface area contributed by atoms with Gasteiger partial charge in [0, 0.05) is 12.0 Å². The van der Waals surface area contributed by atoms with Crippen LogP contribution in [0.4, 0.5) is 11.4 Å². The fraction of sp³-hybridized carbons (Fsp3) is 0.286. The van der Waals surface area contributed by atoms with Crippen molar-refractivity contribution in [1.29, 1.82) is 0 Å². The zero-order chi connectivity index (χ0) is 20.1. The second-order valence-electron chi connectivity index (χ2n) is 6.21. The van der Waals surface area contributed by atoms with E-state index in [9.17, 15) is 14.4 Å². The number of benzene rings is 2. The molecule has 0 saturated carbocycles. The van der Waals surface area contributed by atoms with Gasteiger partial charge in [0.1, 0.15) is 18.0 Å². The minimum Gasteiger partial charge on any atom is -0.492 e. The molecule has 0 unspecified atom stereocenters. The molecule has 0 fully saturated rings. The Hall–Kier alpha value is -3.35. The van der Waals surface area contributed by atoms with E-state index in [1.165, 1.54) is 4.90 Å². The Balaban J connectivity index is 1.81. The van der Waals surface area contributed by atoms with Gasteiger partial charge in [0.2, 0.25) is 5.91 Å². The van der Waals surface area contributed by atoms with Crippen molar-refractivity contribution >= 4 is 29.0 Å². The molecule has 1 aliphatic heterocycles. The number of nitrogens with one attached hydrogen (secondary N) is 1. The summed E-state index contributed by atoms with van der Waals surface area (Å²) >= 11 is 0. The number of carbonyl (C=O) groups excluding carboxylic acids is 3. The SMILES string of the molecule is CCOc1ccccc1NC(=O)CN1C(=O)COc2ccc(C(=O)CC)cc21. The van der Waals surface area contributed by atoms with Crippen LogP contribution >= 0.6 is 0 Å². The fourth-order valence-electron chi connectivity index (χ4n) is 2.94. The van der Waals surface area contributed by atoms with Crippen LogP contribution in [-0.4, -0.2) is 37.4 Å². The van der Waals surface area contributed by atoms with Crippen LogP contribution in [0.2, 0.25) is 0 Å². The predicted octanol–water partition coefficient (Wildman–Crippen LogP) is 3.04. The van der Waals surface area contributed by atoms with Crippen LogP contribution < -0.4 is 19.7 Å². The van der Waals surface area contributed by atoms with Gasteiger partial charge >= 0.3 is 0 Å². The number of fused-ring (bicyclic) bond motifs is 1. The first-order valence-corrected chi connectivity index (χ1v) is 9.15. The molecule has 0 bridgehead atoms. The minimum atomic E-state index is -0.374. The van der Waals surface area contributed by atoms with Crippen LogP contribution in [0.3, 0.4) is 0 Å². The molecule has 0 radical (unpaired) electrons. The van der Waals surface area contributed by atoms with E-state index in [0.717, 1.165) is 0 Å². The first-order chi connectivity index (χ1) is 13.5. The predicted molar refractivity (Wildman–Crippen MR) is 105 cm³/mol. The van der Waals surface area contributed by atoms with Gasteiger partial charge in [-0.05, 0) is 37.3 Å². The molecular weight excluding hydrogens is 360 g/mol. The molecule has 7 nitrogen and oxygen atoms in total. The van der Waals surface area contributed by atoms with Gasteiger partial charge in [0.15, 0.2) is 12.4 Å². The van der Waals surface area contributed by atoms with E-state index >= 15 is 0 Å². The van der Waals surface area contributed by atoms with Crippen LogP contribution in [0.25, 0.3) is 0 Å². The van der Waals surface area contributed by atoms with E-state index in [-0.39, 0.29) is 30.7 Å². The number of hydrogen-bond donors (Lipinski definition) is 1. The molecule has 2 aromatic carbocycles. The van der Waals surface area contributed by atoms with E-state index in [0.29, 0.717) is 41.5 Å². The summed E-state index contributed by atoms with van der Waals surface area (Å²) in [4.78, 5) is 38.3. The summed E-state index contributed by atoms with van der Waals surface area (Å²) < 4.78 is 10.9. The Morgan fingerprint density at radius 2 is 1.96 bits per heavy atom. The molecule has 146 valence electrons. The maximum atomic E-state index is 12.6. The summed E-state index contributed by atoms with van der Waals surface area (Å²) in [5.41, 5.74) is 1.43. The lowest BCUT2D eigenvalue weighted by molar-refractivity contribution is -0.123. The number of amides is 2. The number of hydrogen-bond acceptors (Lipinski definition) is 5. The maximum absolute atomic E-state index is 12.6. The lowest BCUT2D eigenvalue weighted by Crippen LogP contribution is -2.43. The van der Waals surface area contributed by atoms with E-state index in [1.807, 2.05) is 13.0 Å². The standard InChI is InChI=1S/C21H22N2O5/c1-3-17(24)14-9-10-19-16(11-14)23(21(26)13-28-19)12-20(25)22-15-7-5-6-8-18(15)27-4-2/h5-11H,3-4,12-13H2,1-2H3,(H,22,25). The normalized spacial score (nSPS) is 12.8. The van der Waals surface area contributed by atoms with Crippen LogP contribution in [0.15, 0.2) is 42.5 Å². The molecule has 0 spiro atoms. The molecule has 1 aliphatic rings. The van der Waals surface area contributed by atoms with Crippen molar-refractivity contribution in [2.45, 2.75) is 20.3 Å². The molecule has 1 heterocycles. The Morgan fingerprint density at radius 3 is 2.71 bits per heavy atom. The lowest BCUT2D eigenvalue weighted by atomic mass is 10.1. The minimum absolute atomic E-state index is 0.0455. The monoisotopic (exact) mass is 382 g/mol. The number of ketones is 1. The molecule has 1 N–H and O–H groups in total. The average Bonchev–Trinajstić information content (AvgIpc) is 2.71. The number of anilines is 2. The second kappa shape index (κ2) is 8.56. The van der Waals surface area contributed by atoms with E-state index in [2.05, 4.69) is 5.32 Å². The van der Waals surface area contributed by atoms with Crippen molar-refractivity contribution in [3.63, 3.8) is 0 Å². The van der Waals surface area contributed by atoms with E-state index < -0.39 is 0 Å². The molecule has 2 amide bonds. The fourth-order valence-corrected chi connectivity index (χ4v) is 2.94. The van der Waals surface area contributed by atoms with Crippen molar-refractivity contribution in [3.05, 3.63) is 48.0 Å². The Morgan fingerprint density at radius 1 is 1.18 bits per heavy atom. The zero-order valence-electron chi connectivity index (χ0n) is 15.9. The summed E-state index contributed by atoms with van der Waals surface area (Å²) in [5, 5.41) is 2.78. The van der Waals surface area contributed by atoms with Gasteiger partial charge < -0.3 is 14.8 Å². The Labute approximate surface area is 163 Å². The lowest BCUT2D eigenvalue weighted by Gasteiger charge is -2.29. The first-order valence-electron chi connectivity index (χ1n) is 9.15. The highest BCUT2D eigenvalue weighted by atomic mass is 16.5. The van der Waals surface area contributed by atoms with Gasteiger partial charge in [-0.15, -0.1) is 0 Å². The van der Waals surface area contributed by atoms with Gasteiger partial charge in [0.05, 0.1) is 18.0 Å². The highest BCUT2D eigenvalue weighted by Crippen LogP contribution is 2.33. The Kier molecular flexibility index (Phi) is 5.93. The van der Waals surface area contributed by atoms with Gasteiger partial charge in [0.25, 0.3) is 5.91 Å². The molecule has 7 heteroatoms. The third-order valence-corrected chi connectivity index (χ3v) is 4.31. The topological polar surface area (TPSA) is 84.9 Å². The first kappa shape index (κ1) is 19.4. The smallest absolute Gasteiger partial charge is 0.265 e. The Bertz CT molecular complexity index is 909. The van der Waals surface area contributed by atoms with Crippen LogP contribution in [0.5, 0.6) is 11.5 Å². The summed E-state index contributed by atoms with van der Waals surface area (Å²) in [6, 6.07) is 12.0. The molecule has 3 rings (SSSR count). The van der Waals surface area contributed by atoms with Gasteiger partial charge in [-0.1, -0.05) is 19.1 Å². The zero-order valence-corrected chi connectivity index (χ0v) is 15.9. The average molecular weight is 382 g/mol. The number of carbonyl (C=O) groups is 3. The maximum Gasteiger partial charge on any atom is 0.265 e. The van der Waals surface area contributed by atoms with E-state index in [1.54, 1.807) is 43.3 Å². The molecule has 0 aromatic heterocycles. The largest absolute Gasteiger partial charge is 0.492 e. The summed E-state index contributed by atoms with van der Waals surface area (Å²) in [6.07, 6.45) is 0.349. The number of para-hydroxylation sites is 2. The molecule has 0 saturated heterocycles. The molecule has 28 heavy (non-hydrogen) atoms. The van der Waals surface area contributed by atoms with Crippen LogP contribution in [0.1, 0.15) is 30.6 Å². The summed E-state index contributed by atoms with van der Waals surface area (Å²) in [5.74, 6) is 0.260. The number of Topliss-reactive ketones (excluding diaryl/α,β-unsaturated/α-hetero) is 1. The van der Waals surface area contributed by atoms with Crippen molar-refractivity contribution in [1.82, 2.24) is 0 Å². The second-order valence-corrected chi connectivity index (χ2v) is 6.21. The van der Waals surface area contributed by atoms with Crippen molar-refractivity contribution in [2.24, 2.45) is 0 Å². The van der Waals surface area contributed by atoms with Crippen LogP contribution in [0, 0.1) is 0 Å². The molecule has 0 atom stereocenters. The number of ether oxygens (including phenoxy) is 2. The molecule has 0 aliphatic carbocycles. The summed E-state index contributed by atoms with van der Waals surface area (Å²) in [6.45, 7) is 3.74. The van der Waals surface area contributed by atoms with Crippen LogP contribution in [-0.2, 0) is 9.59 Å². The highest BCUT2D eigenvalue weighted by Gasteiger charge is 2.28. The third-order valence-electron chi connectivity index (χ3n) is 4.31. The number of rotatable bonds is 7. The highest BCUT2D eigenvalue weighted by molar-refractivity contribution is 6.06. The van der Waals surface area contributed by atoms with Crippen molar-refractivity contribution < 1.29 is 23.9 Å². The van der Waals surface area contributed by atoms with Gasteiger partial charge in [-0.2, -0.15) is 0 Å². The van der Waals surface area contributed by atoms with Crippen molar-refractivity contribution in [2.75, 3.05) is 30.0 Å². The quantitative estimate of drug-likeness (QED) is 0.744. The van der Waals surface area contributed by atoms with Gasteiger partial charge in [-0.25, -0.2) is 0 Å².